The van der Waals surface area contributed by atoms with Crippen LogP contribution in [0.5, 0.6) is 0 Å². The number of carbonyl (C=O) groups is 2. The number of hydrogen-bond acceptors (Lipinski definition) is 4. The van der Waals surface area contributed by atoms with Crippen LogP contribution in [0.15, 0.2) is 12.8 Å². The largest absolute Gasteiger partial charge is 0.444 e. The van der Waals surface area contributed by atoms with Gasteiger partial charge in [0, 0.05) is 0 Å². The fourth-order valence-corrected chi connectivity index (χ4v) is 0.631. The number of carbonyl (C=O) groups excluding carboxylic acids is 2. The molecule has 0 unspecified atom stereocenters. The molecule has 0 aromatic heterocycles. The standard InChI is InChI=1S/C10H17NO4/c1-6-14-8(12)7(2)11-9(13)15-10(3,4)5/h6-7H,1H2,2-5H3,(H,11,13)/t7-/m0/s1/i1D2,6D,7D. The van der Waals surface area contributed by atoms with Gasteiger partial charge in [-0.3, -0.25) is 0 Å². The van der Waals surface area contributed by atoms with Gasteiger partial charge in [-0.2, -0.15) is 0 Å². The van der Waals surface area contributed by atoms with Crippen molar-refractivity contribution in [2.45, 2.75) is 39.3 Å². The molecule has 0 aliphatic rings. The summed E-state index contributed by atoms with van der Waals surface area (Å²) in [6, 6.07) is -2.19. The van der Waals surface area contributed by atoms with Crippen molar-refractivity contribution in [2.75, 3.05) is 0 Å². The van der Waals surface area contributed by atoms with Crippen LogP contribution in [0.1, 0.15) is 33.2 Å². The topological polar surface area (TPSA) is 64.6 Å². The van der Waals surface area contributed by atoms with E-state index in [9.17, 15) is 9.59 Å². The van der Waals surface area contributed by atoms with Crippen molar-refractivity contribution in [3.05, 3.63) is 12.8 Å². The molecule has 1 N–H and O–H groups in total. The van der Waals surface area contributed by atoms with Gasteiger partial charge < -0.3 is 14.8 Å². The minimum absolute atomic E-state index is 0.792. The van der Waals surface area contributed by atoms with Crippen LogP contribution in [0.25, 0.3) is 0 Å². The van der Waals surface area contributed by atoms with Crippen molar-refractivity contribution >= 4 is 12.1 Å². The van der Waals surface area contributed by atoms with Gasteiger partial charge in [0.1, 0.15) is 13.0 Å². The molecule has 0 aromatic carbocycles. The maximum absolute atomic E-state index is 11.5. The van der Waals surface area contributed by atoms with Crippen LogP contribution in [-0.2, 0) is 14.3 Å². The Morgan fingerprint density at radius 2 is 2.27 bits per heavy atom. The average Bonchev–Trinajstić information content (AvgIpc) is 2.12. The third-order valence-electron chi connectivity index (χ3n) is 1.14. The number of rotatable bonds is 3. The Hall–Kier alpha value is -1.52. The van der Waals surface area contributed by atoms with Crippen LogP contribution in [0.2, 0.25) is 0 Å². The molecular weight excluding hydrogens is 198 g/mol. The minimum atomic E-state index is -2.19. The van der Waals surface area contributed by atoms with Crippen molar-refractivity contribution in [3.8, 4) is 0 Å². The average molecular weight is 219 g/mol. The fraction of sp³-hybridized carbons (Fsp3) is 0.600. The Morgan fingerprint density at radius 1 is 1.67 bits per heavy atom. The van der Waals surface area contributed by atoms with Gasteiger partial charge in [0.2, 0.25) is 0 Å². The summed E-state index contributed by atoms with van der Waals surface area (Å²) in [5.41, 5.74) is -0.792. The van der Waals surface area contributed by atoms with Gasteiger partial charge in [0.25, 0.3) is 0 Å². The molecular formula is C10H17NO4. The van der Waals surface area contributed by atoms with Crippen LogP contribution in [0, 0.1) is 0 Å². The van der Waals surface area contributed by atoms with E-state index in [1.807, 2.05) is 5.32 Å². The molecule has 0 saturated carbocycles. The zero-order valence-corrected chi connectivity index (χ0v) is 9.13. The van der Waals surface area contributed by atoms with E-state index in [4.69, 9.17) is 10.2 Å². The van der Waals surface area contributed by atoms with Crippen LogP contribution >= 0.6 is 0 Å². The van der Waals surface area contributed by atoms with Gasteiger partial charge in [-0.1, -0.05) is 6.53 Å². The third kappa shape index (κ3) is 6.54. The summed E-state index contributed by atoms with van der Waals surface area (Å²) >= 11 is 0. The van der Waals surface area contributed by atoms with E-state index in [1.54, 1.807) is 20.8 Å². The molecule has 5 nitrogen and oxygen atoms in total. The maximum atomic E-state index is 11.5. The van der Waals surface area contributed by atoms with E-state index in [0.29, 0.717) is 0 Å². The number of ether oxygens (including phenoxy) is 2. The minimum Gasteiger partial charge on any atom is -0.444 e. The van der Waals surface area contributed by atoms with Crippen LogP contribution in [0.3, 0.4) is 0 Å². The maximum Gasteiger partial charge on any atom is 0.408 e. The first-order chi connectivity index (χ1) is 8.35. The summed E-state index contributed by atoms with van der Waals surface area (Å²) in [6.07, 6.45) is -2.00. The van der Waals surface area contributed by atoms with E-state index in [1.165, 1.54) is 0 Å². The fourth-order valence-electron chi connectivity index (χ4n) is 0.631. The van der Waals surface area contributed by atoms with Gasteiger partial charge in [0.05, 0.1) is 10.4 Å². The number of hydrogen-bond donors (Lipinski definition) is 1. The Morgan fingerprint density at radius 3 is 2.73 bits per heavy atom. The van der Waals surface area contributed by atoms with Crippen LogP contribution in [-0.4, -0.2) is 23.7 Å². The van der Waals surface area contributed by atoms with Crippen molar-refractivity contribution in [3.63, 3.8) is 0 Å². The second-order valence-corrected chi connectivity index (χ2v) is 3.74. The molecule has 15 heavy (non-hydrogen) atoms. The molecule has 0 aromatic rings. The van der Waals surface area contributed by atoms with Crippen LogP contribution < -0.4 is 5.32 Å². The second-order valence-electron chi connectivity index (χ2n) is 3.74. The van der Waals surface area contributed by atoms with Crippen molar-refractivity contribution in [1.29, 1.82) is 0 Å². The first kappa shape index (κ1) is 7.73. The van der Waals surface area contributed by atoms with Crippen LogP contribution in [0.4, 0.5) is 4.79 Å². The molecule has 1 atom stereocenters. The molecule has 86 valence electrons. The van der Waals surface area contributed by atoms with E-state index in [-0.39, 0.29) is 0 Å². The second kappa shape index (κ2) is 5.38. The van der Waals surface area contributed by atoms with Crippen molar-refractivity contribution < 1.29 is 24.5 Å². The summed E-state index contributed by atoms with van der Waals surface area (Å²) in [4.78, 5) is 22.9. The van der Waals surface area contributed by atoms with E-state index < -0.39 is 36.5 Å². The quantitative estimate of drug-likeness (QED) is 0.578. The molecule has 0 aliphatic carbocycles. The monoisotopic (exact) mass is 219 g/mol. The van der Waals surface area contributed by atoms with Gasteiger partial charge in [-0.05, 0) is 27.7 Å². The molecule has 0 radical (unpaired) electrons. The predicted molar refractivity (Wildman–Crippen MR) is 55.1 cm³/mol. The van der Waals surface area contributed by atoms with Crippen molar-refractivity contribution in [2.24, 2.45) is 0 Å². The Balaban J connectivity index is 4.67. The summed E-state index contributed by atoms with van der Waals surface area (Å²) in [5.74, 6) is -1.29. The molecule has 0 spiro atoms. The highest BCUT2D eigenvalue weighted by atomic mass is 16.6. The highest BCUT2D eigenvalue weighted by molar-refractivity contribution is 5.81. The third-order valence-corrected chi connectivity index (χ3v) is 1.14. The highest BCUT2D eigenvalue weighted by Gasteiger charge is 2.21. The normalized spacial score (nSPS) is 18.1. The Kier molecular flexibility index (Phi) is 2.77. The molecule has 0 bridgehead atoms. The zero-order valence-electron chi connectivity index (χ0n) is 13.1. The van der Waals surface area contributed by atoms with E-state index >= 15 is 0 Å². The summed E-state index contributed by atoms with van der Waals surface area (Å²) in [6.45, 7) is 4.86. The lowest BCUT2D eigenvalue weighted by molar-refractivity contribution is -0.139. The number of amides is 1. The van der Waals surface area contributed by atoms with Gasteiger partial charge in [-0.15, -0.1) is 0 Å². The first-order valence-electron chi connectivity index (χ1n) is 6.22. The first-order valence-corrected chi connectivity index (χ1v) is 4.22. The molecule has 0 saturated heterocycles. The SMILES string of the molecule is [2H]C([2H])=C([2H])OC(=O)[C@]([2H])(C)NC(=O)OC(C)(C)C. The Bertz CT molecular complexity index is 397. The summed E-state index contributed by atoms with van der Waals surface area (Å²) in [7, 11) is 0. The van der Waals surface area contributed by atoms with E-state index in [0.717, 1.165) is 6.92 Å². The smallest absolute Gasteiger partial charge is 0.408 e. The lowest BCUT2D eigenvalue weighted by atomic mass is 10.2. The van der Waals surface area contributed by atoms with E-state index in [2.05, 4.69) is 4.74 Å². The molecule has 1 amide bonds. The number of esters is 1. The summed E-state index contributed by atoms with van der Waals surface area (Å²) in [5, 5.41) is 1.96. The number of alkyl carbamates (subject to hydrolysis) is 1. The Labute approximate surface area is 95.1 Å². The highest BCUT2D eigenvalue weighted by Crippen LogP contribution is 2.06. The molecule has 5 heteroatoms. The lowest BCUT2D eigenvalue weighted by Crippen LogP contribution is -2.42. The molecule has 0 rings (SSSR count). The summed E-state index contributed by atoms with van der Waals surface area (Å²) < 4.78 is 37.2. The predicted octanol–water partition coefficient (Wildman–Crippen LogP) is 1.59. The molecule has 0 heterocycles. The molecule has 0 fully saturated rings. The number of nitrogens with one attached hydrogen (secondary N) is 1. The molecule has 0 aliphatic heterocycles. The zero-order chi connectivity index (χ0) is 15.4. The van der Waals surface area contributed by atoms with Gasteiger partial charge >= 0.3 is 12.1 Å². The van der Waals surface area contributed by atoms with Gasteiger partial charge in [-0.25, -0.2) is 9.59 Å². The lowest BCUT2D eigenvalue weighted by Gasteiger charge is -2.21. The van der Waals surface area contributed by atoms with Crippen molar-refractivity contribution in [1.82, 2.24) is 5.32 Å². The van der Waals surface area contributed by atoms with Gasteiger partial charge in [0.15, 0.2) is 0 Å².